The van der Waals surface area contributed by atoms with Gasteiger partial charge in [-0.05, 0) is 19.1 Å². The van der Waals surface area contributed by atoms with Crippen molar-refractivity contribution in [2.75, 3.05) is 24.5 Å². The van der Waals surface area contributed by atoms with Crippen molar-refractivity contribution in [1.82, 2.24) is 5.32 Å². The fourth-order valence-corrected chi connectivity index (χ4v) is 2.15. The van der Waals surface area contributed by atoms with Crippen molar-refractivity contribution in [1.29, 1.82) is 0 Å². The minimum absolute atomic E-state index is 0.228. The Bertz CT molecular complexity index is 356. The highest BCUT2D eigenvalue weighted by Crippen LogP contribution is 2.29. The first kappa shape index (κ1) is 10.7. The van der Waals surface area contributed by atoms with Gasteiger partial charge in [0.25, 0.3) is 0 Å². The van der Waals surface area contributed by atoms with E-state index in [1.807, 2.05) is 6.07 Å². The van der Waals surface area contributed by atoms with Crippen LogP contribution in [0.15, 0.2) is 18.2 Å². The lowest BCUT2D eigenvalue weighted by Crippen LogP contribution is -2.50. The maximum absolute atomic E-state index is 13.3. The average molecular weight is 229 g/mol. The largest absolute Gasteiger partial charge is 0.365 e. The molecule has 1 aromatic rings. The highest BCUT2D eigenvalue weighted by atomic mass is 35.5. The third-order valence-electron chi connectivity index (χ3n) is 2.74. The fourth-order valence-electron chi connectivity index (χ4n) is 1.91. The van der Waals surface area contributed by atoms with Gasteiger partial charge in [-0.2, -0.15) is 0 Å². The zero-order valence-corrected chi connectivity index (χ0v) is 9.39. The van der Waals surface area contributed by atoms with Crippen LogP contribution < -0.4 is 10.2 Å². The average Bonchev–Trinajstić information content (AvgIpc) is 2.23. The third-order valence-corrected chi connectivity index (χ3v) is 3.12. The molecule has 1 saturated heterocycles. The molecule has 2 rings (SSSR count). The molecule has 82 valence electrons. The first-order valence-corrected chi connectivity index (χ1v) is 5.49. The van der Waals surface area contributed by atoms with Gasteiger partial charge in [0.15, 0.2) is 0 Å². The molecule has 2 nitrogen and oxygen atoms in total. The maximum Gasteiger partial charge on any atom is 0.143 e. The summed E-state index contributed by atoms with van der Waals surface area (Å²) in [5, 5.41) is 3.52. The minimum atomic E-state index is -0.347. The van der Waals surface area contributed by atoms with E-state index in [2.05, 4.69) is 17.1 Å². The normalized spacial score (nSPS) is 21.8. The number of piperazine rings is 1. The van der Waals surface area contributed by atoms with E-state index >= 15 is 0 Å². The molecule has 0 amide bonds. The second-order valence-electron chi connectivity index (χ2n) is 3.82. The highest BCUT2D eigenvalue weighted by molar-refractivity contribution is 6.33. The van der Waals surface area contributed by atoms with Gasteiger partial charge in [0.05, 0.1) is 10.7 Å². The molecule has 0 radical (unpaired) electrons. The molecule has 4 heteroatoms. The summed E-state index contributed by atoms with van der Waals surface area (Å²) >= 11 is 5.95. The molecule has 1 aliphatic heterocycles. The van der Waals surface area contributed by atoms with Crippen molar-refractivity contribution in [3.8, 4) is 0 Å². The van der Waals surface area contributed by atoms with Crippen LogP contribution in [0.2, 0.25) is 5.02 Å². The lowest BCUT2D eigenvalue weighted by molar-refractivity contribution is 0.499. The predicted molar refractivity (Wildman–Crippen MR) is 61.1 cm³/mol. The Labute approximate surface area is 94.0 Å². The van der Waals surface area contributed by atoms with Crippen molar-refractivity contribution in [3.05, 3.63) is 29.0 Å². The van der Waals surface area contributed by atoms with E-state index in [1.165, 1.54) is 6.07 Å². The molecule has 0 unspecified atom stereocenters. The molecule has 0 aliphatic carbocycles. The third kappa shape index (κ3) is 2.08. The number of benzene rings is 1. The molecule has 1 heterocycles. The Morgan fingerprint density at radius 3 is 3.07 bits per heavy atom. The van der Waals surface area contributed by atoms with E-state index in [0.717, 1.165) is 25.3 Å². The Morgan fingerprint density at radius 1 is 1.53 bits per heavy atom. The van der Waals surface area contributed by atoms with Crippen LogP contribution in [0.25, 0.3) is 0 Å². The molecule has 0 aromatic heterocycles. The van der Waals surface area contributed by atoms with E-state index in [0.29, 0.717) is 6.04 Å². The van der Waals surface area contributed by atoms with Crippen LogP contribution in [0.5, 0.6) is 0 Å². The number of nitrogens with one attached hydrogen (secondary N) is 1. The molecule has 0 spiro atoms. The number of anilines is 1. The molecule has 1 fully saturated rings. The molecule has 0 bridgehead atoms. The van der Waals surface area contributed by atoms with Crippen molar-refractivity contribution in [2.24, 2.45) is 0 Å². The van der Waals surface area contributed by atoms with E-state index in [9.17, 15) is 4.39 Å². The fraction of sp³-hybridized carbons (Fsp3) is 0.455. The second-order valence-corrected chi connectivity index (χ2v) is 4.20. The van der Waals surface area contributed by atoms with E-state index in [1.54, 1.807) is 6.07 Å². The molecular weight excluding hydrogens is 215 g/mol. The van der Waals surface area contributed by atoms with Gasteiger partial charge in [-0.1, -0.05) is 17.7 Å². The molecule has 15 heavy (non-hydrogen) atoms. The first-order valence-electron chi connectivity index (χ1n) is 5.11. The summed E-state index contributed by atoms with van der Waals surface area (Å²) in [6.45, 7) is 4.79. The summed E-state index contributed by atoms with van der Waals surface area (Å²) in [5.74, 6) is -0.347. The predicted octanol–water partition coefficient (Wildman–Crippen LogP) is 2.28. The van der Waals surface area contributed by atoms with E-state index in [-0.39, 0.29) is 10.8 Å². The zero-order valence-electron chi connectivity index (χ0n) is 8.63. The van der Waals surface area contributed by atoms with Gasteiger partial charge in [-0.3, -0.25) is 0 Å². The van der Waals surface area contributed by atoms with Gasteiger partial charge in [0, 0.05) is 25.7 Å². The first-order chi connectivity index (χ1) is 7.20. The molecule has 1 atom stereocenters. The maximum atomic E-state index is 13.3. The number of hydrogen-bond donors (Lipinski definition) is 1. The van der Waals surface area contributed by atoms with Crippen LogP contribution in [0, 0.1) is 5.82 Å². The monoisotopic (exact) mass is 228 g/mol. The number of nitrogens with zero attached hydrogens (tertiary/aromatic N) is 1. The van der Waals surface area contributed by atoms with Gasteiger partial charge in [0.1, 0.15) is 5.82 Å². The van der Waals surface area contributed by atoms with Crippen molar-refractivity contribution >= 4 is 17.3 Å². The summed E-state index contributed by atoms with van der Waals surface area (Å²) < 4.78 is 13.3. The molecule has 1 aromatic carbocycles. The molecule has 1 aliphatic rings. The van der Waals surface area contributed by atoms with E-state index in [4.69, 9.17) is 11.6 Å². The number of halogens is 2. The quantitative estimate of drug-likeness (QED) is 0.794. The van der Waals surface area contributed by atoms with Gasteiger partial charge >= 0.3 is 0 Å². The second kappa shape index (κ2) is 4.37. The van der Waals surface area contributed by atoms with Crippen LogP contribution in [-0.2, 0) is 0 Å². The molecular formula is C11H14ClFN2. The lowest BCUT2D eigenvalue weighted by Gasteiger charge is -2.36. The summed E-state index contributed by atoms with van der Waals surface area (Å²) in [6, 6.07) is 5.30. The molecule has 0 saturated carbocycles. The van der Waals surface area contributed by atoms with Crippen molar-refractivity contribution < 1.29 is 4.39 Å². The topological polar surface area (TPSA) is 15.3 Å². The summed E-state index contributed by atoms with van der Waals surface area (Å²) in [7, 11) is 0. The summed E-state index contributed by atoms with van der Waals surface area (Å²) in [5.41, 5.74) is 0.797. The SMILES string of the molecule is C[C@@H]1CNCCN1c1cccc(F)c1Cl. The van der Waals surface area contributed by atoms with Gasteiger partial charge in [0.2, 0.25) is 0 Å². The Morgan fingerprint density at radius 2 is 2.33 bits per heavy atom. The Hall–Kier alpha value is -0.800. The van der Waals surface area contributed by atoms with Crippen LogP contribution in [-0.4, -0.2) is 25.7 Å². The highest BCUT2D eigenvalue weighted by Gasteiger charge is 2.21. The lowest BCUT2D eigenvalue weighted by atomic mass is 10.2. The van der Waals surface area contributed by atoms with Crippen LogP contribution in [0.1, 0.15) is 6.92 Å². The van der Waals surface area contributed by atoms with E-state index < -0.39 is 0 Å². The van der Waals surface area contributed by atoms with Gasteiger partial charge in [-0.25, -0.2) is 4.39 Å². The van der Waals surface area contributed by atoms with Crippen LogP contribution in [0.3, 0.4) is 0 Å². The summed E-state index contributed by atoms with van der Waals surface area (Å²) in [4.78, 5) is 2.14. The number of rotatable bonds is 1. The summed E-state index contributed by atoms with van der Waals surface area (Å²) in [6.07, 6.45) is 0. The zero-order chi connectivity index (χ0) is 10.8. The van der Waals surface area contributed by atoms with Crippen molar-refractivity contribution in [2.45, 2.75) is 13.0 Å². The minimum Gasteiger partial charge on any atom is -0.365 e. The Kier molecular flexibility index (Phi) is 3.12. The van der Waals surface area contributed by atoms with Crippen molar-refractivity contribution in [3.63, 3.8) is 0 Å². The Balaban J connectivity index is 2.31. The van der Waals surface area contributed by atoms with Crippen LogP contribution in [0.4, 0.5) is 10.1 Å². The van der Waals surface area contributed by atoms with Gasteiger partial charge in [-0.15, -0.1) is 0 Å². The van der Waals surface area contributed by atoms with Crippen LogP contribution >= 0.6 is 11.6 Å². The standard InChI is InChI=1S/C11H14ClFN2/c1-8-7-14-5-6-15(8)10-4-2-3-9(13)11(10)12/h2-4,8,14H,5-7H2,1H3/t8-/m1/s1. The van der Waals surface area contributed by atoms with Gasteiger partial charge < -0.3 is 10.2 Å². The smallest absolute Gasteiger partial charge is 0.143 e. The number of hydrogen-bond acceptors (Lipinski definition) is 2. The molecule has 1 N–H and O–H groups in total.